The zero-order valence-corrected chi connectivity index (χ0v) is 15.2. The maximum atomic E-state index is 13.5. The van der Waals surface area contributed by atoms with Crippen LogP contribution in [0, 0.1) is 18.7 Å². The Bertz CT molecular complexity index is 852. The lowest BCUT2D eigenvalue weighted by Gasteiger charge is -2.19. The zero-order chi connectivity index (χ0) is 18.6. The molecule has 1 heterocycles. The first-order valence-electron chi connectivity index (χ1n) is 7.91. The maximum Gasteiger partial charge on any atom is 0.222 e. The van der Waals surface area contributed by atoms with Crippen LogP contribution in [0.4, 0.5) is 4.39 Å². The number of hydrogen-bond acceptors (Lipinski definition) is 4. The van der Waals surface area contributed by atoms with Crippen molar-refractivity contribution in [1.82, 2.24) is 10.3 Å². The lowest BCUT2D eigenvalue weighted by molar-refractivity contribution is -0.123. The van der Waals surface area contributed by atoms with Crippen LogP contribution in [0.2, 0.25) is 0 Å². The van der Waals surface area contributed by atoms with E-state index in [-0.39, 0.29) is 28.8 Å². The quantitative estimate of drug-likeness (QED) is 0.800. The molecule has 1 amide bonds. The Morgan fingerprint density at radius 2 is 2.00 bits per heavy atom. The summed E-state index contributed by atoms with van der Waals surface area (Å²) >= 11 is 0. The highest BCUT2D eigenvalue weighted by Crippen LogP contribution is 2.29. The van der Waals surface area contributed by atoms with Crippen LogP contribution >= 0.6 is 0 Å². The molecule has 0 aliphatic heterocycles. The van der Waals surface area contributed by atoms with Gasteiger partial charge in [0.2, 0.25) is 5.91 Å². The number of pyridine rings is 1. The van der Waals surface area contributed by atoms with Crippen LogP contribution in [0.25, 0.3) is 0 Å². The van der Waals surface area contributed by atoms with Gasteiger partial charge in [0.1, 0.15) is 11.1 Å². The van der Waals surface area contributed by atoms with Crippen LogP contribution < -0.4 is 5.32 Å². The molecule has 134 valence electrons. The molecular formula is C18H21FN2O3S. The molecule has 1 aromatic carbocycles. The molecule has 0 fully saturated rings. The highest BCUT2D eigenvalue weighted by atomic mass is 32.2. The Labute approximate surface area is 147 Å². The van der Waals surface area contributed by atoms with Crippen LogP contribution in [0.5, 0.6) is 0 Å². The standard InChI is InChI=1S/C18H21FN2O3S/c1-12(2)18(22)21-11-17(14-5-4-8-20-10-14)25(23,24)15-6-7-16(19)13(3)9-15/h4-10,12,17H,11H2,1-3H3,(H,21,22). The van der Waals surface area contributed by atoms with Crippen molar-refractivity contribution in [1.29, 1.82) is 0 Å². The third-order valence-corrected chi connectivity index (χ3v) is 5.97. The molecule has 1 unspecified atom stereocenters. The van der Waals surface area contributed by atoms with Gasteiger partial charge in [-0.3, -0.25) is 9.78 Å². The molecule has 2 rings (SSSR count). The minimum Gasteiger partial charge on any atom is -0.354 e. The summed E-state index contributed by atoms with van der Waals surface area (Å²) in [4.78, 5) is 15.9. The van der Waals surface area contributed by atoms with E-state index in [1.54, 1.807) is 32.2 Å². The van der Waals surface area contributed by atoms with Gasteiger partial charge in [-0.2, -0.15) is 0 Å². The number of benzene rings is 1. The number of rotatable bonds is 6. The Morgan fingerprint density at radius 1 is 1.28 bits per heavy atom. The Balaban J connectivity index is 2.42. The zero-order valence-electron chi connectivity index (χ0n) is 14.4. The van der Waals surface area contributed by atoms with Crippen LogP contribution in [0.3, 0.4) is 0 Å². The van der Waals surface area contributed by atoms with Gasteiger partial charge in [0, 0.05) is 24.9 Å². The van der Waals surface area contributed by atoms with Crippen molar-refractivity contribution in [3.8, 4) is 0 Å². The molecule has 0 saturated heterocycles. The number of halogens is 1. The molecular weight excluding hydrogens is 343 g/mol. The van der Waals surface area contributed by atoms with Gasteiger partial charge in [0.15, 0.2) is 9.84 Å². The van der Waals surface area contributed by atoms with E-state index in [0.717, 1.165) is 6.07 Å². The maximum absolute atomic E-state index is 13.5. The third-order valence-electron chi connectivity index (χ3n) is 3.87. The topological polar surface area (TPSA) is 76.1 Å². The average molecular weight is 364 g/mol. The molecule has 5 nitrogen and oxygen atoms in total. The molecule has 0 bridgehead atoms. The number of nitrogens with one attached hydrogen (secondary N) is 1. The average Bonchev–Trinajstić information content (AvgIpc) is 2.57. The molecule has 0 spiro atoms. The minimum atomic E-state index is -3.84. The molecule has 1 N–H and O–H groups in total. The fourth-order valence-corrected chi connectivity index (χ4v) is 4.06. The third kappa shape index (κ3) is 4.42. The molecule has 1 aromatic heterocycles. The second-order valence-corrected chi connectivity index (χ2v) is 8.26. The summed E-state index contributed by atoms with van der Waals surface area (Å²) in [7, 11) is -3.84. The van der Waals surface area contributed by atoms with Gasteiger partial charge in [-0.25, -0.2) is 12.8 Å². The molecule has 0 aliphatic carbocycles. The molecule has 7 heteroatoms. The first-order chi connectivity index (χ1) is 11.7. The summed E-state index contributed by atoms with van der Waals surface area (Å²) in [6.45, 7) is 4.88. The highest BCUT2D eigenvalue weighted by molar-refractivity contribution is 7.91. The van der Waals surface area contributed by atoms with Crippen molar-refractivity contribution in [2.75, 3.05) is 6.54 Å². The van der Waals surface area contributed by atoms with Gasteiger partial charge in [0.25, 0.3) is 0 Å². The first kappa shape index (κ1) is 19.1. The molecule has 25 heavy (non-hydrogen) atoms. The second-order valence-electron chi connectivity index (χ2n) is 6.13. The van der Waals surface area contributed by atoms with Gasteiger partial charge >= 0.3 is 0 Å². The summed E-state index contributed by atoms with van der Waals surface area (Å²) < 4.78 is 39.6. The molecule has 1 atom stereocenters. The molecule has 0 saturated carbocycles. The van der Waals surface area contributed by atoms with Crippen LogP contribution in [-0.2, 0) is 14.6 Å². The number of amides is 1. The van der Waals surface area contributed by atoms with E-state index in [2.05, 4.69) is 10.3 Å². The van der Waals surface area contributed by atoms with Crippen molar-refractivity contribution in [3.63, 3.8) is 0 Å². The van der Waals surface area contributed by atoms with E-state index >= 15 is 0 Å². The van der Waals surface area contributed by atoms with Crippen molar-refractivity contribution < 1.29 is 17.6 Å². The largest absolute Gasteiger partial charge is 0.354 e. The Kier molecular flexibility index (Phi) is 5.89. The van der Waals surface area contributed by atoms with E-state index in [4.69, 9.17) is 0 Å². The summed E-state index contributed by atoms with van der Waals surface area (Å²) in [6, 6.07) is 6.96. The Morgan fingerprint density at radius 3 is 2.56 bits per heavy atom. The predicted octanol–water partition coefficient (Wildman–Crippen LogP) is 2.82. The number of carbonyl (C=O) groups excluding carboxylic acids is 1. The van der Waals surface area contributed by atoms with E-state index in [1.807, 2.05) is 0 Å². The smallest absolute Gasteiger partial charge is 0.222 e. The summed E-state index contributed by atoms with van der Waals surface area (Å²) in [5, 5.41) is 1.66. The SMILES string of the molecule is Cc1cc(S(=O)(=O)C(CNC(=O)C(C)C)c2cccnc2)ccc1F. The van der Waals surface area contributed by atoms with Crippen molar-refractivity contribution in [3.05, 3.63) is 59.7 Å². The van der Waals surface area contributed by atoms with E-state index in [0.29, 0.717) is 5.56 Å². The van der Waals surface area contributed by atoms with Crippen LogP contribution in [0.15, 0.2) is 47.6 Å². The van der Waals surface area contributed by atoms with Gasteiger partial charge < -0.3 is 5.32 Å². The number of sulfone groups is 1. The monoisotopic (exact) mass is 364 g/mol. The fourth-order valence-electron chi connectivity index (χ4n) is 2.33. The van der Waals surface area contributed by atoms with Crippen LogP contribution in [-0.4, -0.2) is 25.9 Å². The number of aryl methyl sites for hydroxylation is 1. The fraction of sp³-hybridized carbons (Fsp3) is 0.333. The first-order valence-corrected chi connectivity index (χ1v) is 9.45. The van der Waals surface area contributed by atoms with Crippen molar-refractivity contribution in [2.45, 2.75) is 30.9 Å². The second kappa shape index (κ2) is 7.74. The van der Waals surface area contributed by atoms with Gasteiger partial charge in [0.05, 0.1) is 4.90 Å². The summed E-state index contributed by atoms with van der Waals surface area (Å²) in [5.74, 6) is -0.963. The highest BCUT2D eigenvalue weighted by Gasteiger charge is 2.30. The number of hydrogen-bond donors (Lipinski definition) is 1. The molecule has 0 radical (unpaired) electrons. The Hall–Kier alpha value is -2.28. The van der Waals surface area contributed by atoms with Gasteiger partial charge in [-0.05, 0) is 42.3 Å². The number of carbonyl (C=O) groups is 1. The summed E-state index contributed by atoms with van der Waals surface area (Å²) in [6.07, 6.45) is 3.00. The number of aromatic nitrogens is 1. The van der Waals surface area contributed by atoms with Gasteiger partial charge in [-0.1, -0.05) is 19.9 Å². The van der Waals surface area contributed by atoms with E-state index in [1.165, 1.54) is 25.3 Å². The van der Waals surface area contributed by atoms with Crippen LogP contribution in [0.1, 0.15) is 30.2 Å². The number of nitrogens with zero attached hydrogens (tertiary/aromatic N) is 1. The minimum absolute atomic E-state index is 0.0130. The lowest BCUT2D eigenvalue weighted by atomic mass is 10.2. The molecule has 2 aromatic rings. The van der Waals surface area contributed by atoms with E-state index in [9.17, 15) is 17.6 Å². The molecule has 0 aliphatic rings. The van der Waals surface area contributed by atoms with Crippen molar-refractivity contribution >= 4 is 15.7 Å². The predicted molar refractivity (Wildman–Crippen MR) is 93.1 cm³/mol. The summed E-state index contributed by atoms with van der Waals surface area (Å²) in [5.41, 5.74) is 0.714. The van der Waals surface area contributed by atoms with Gasteiger partial charge in [-0.15, -0.1) is 0 Å². The van der Waals surface area contributed by atoms with E-state index < -0.39 is 20.9 Å². The lowest BCUT2D eigenvalue weighted by Crippen LogP contribution is -2.34. The van der Waals surface area contributed by atoms with Crippen molar-refractivity contribution in [2.24, 2.45) is 5.92 Å². The normalized spacial score (nSPS) is 12.8.